The summed E-state index contributed by atoms with van der Waals surface area (Å²) in [6, 6.07) is 7.82. The van der Waals surface area contributed by atoms with Crippen LogP contribution in [0.25, 0.3) is 0 Å². The molecule has 126 valence electrons. The summed E-state index contributed by atoms with van der Waals surface area (Å²) in [5, 5.41) is 1.91. The highest BCUT2D eigenvalue weighted by molar-refractivity contribution is 7.12. The molecule has 1 aliphatic heterocycles. The van der Waals surface area contributed by atoms with Gasteiger partial charge in [0.25, 0.3) is 5.91 Å². The number of esters is 1. The number of benzene rings is 1. The number of hydrogen-bond acceptors (Lipinski definition) is 5. The summed E-state index contributed by atoms with van der Waals surface area (Å²) in [4.78, 5) is 28.4. The average molecular weight is 344 g/mol. The fourth-order valence-corrected chi connectivity index (χ4v) is 3.80. The first-order valence-corrected chi connectivity index (χ1v) is 8.63. The second-order valence-corrected chi connectivity index (χ2v) is 6.90. The average Bonchev–Trinajstić information content (AvgIpc) is 3.20. The van der Waals surface area contributed by atoms with Crippen LogP contribution in [0.1, 0.15) is 31.2 Å². The molecule has 0 spiro atoms. The Morgan fingerprint density at radius 3 is 2.79 bits per heavy atom. The van der Waals surface area contributed by atoms with Crippen LogP contribution in [0.4, 0.5) is 5.69 Å². The Morgan fingerprint density at radius 1 is 1.29 bits per heavy atom. The van der Waals surface area contributed by atoms with Crippen molar-refractivity contribution >= 4 is 28.9 Å². The van der Waals surface area contributed by atoms with Crippen molar-refractivity contribution in [1.82, 2.24) is 4.90 Å². The minimum Gasteiger partial charge on any atom is -0.465 e. The highest BCUT2D eigenvalue weighted by Gasteiger charge is 2.23. The van der Waals surface area contributed by atoms with Crippen molar-refractivity contribution in [1.29, 1.82) is 0 Å². The Bertz CT molecular complexity index is 782. The molecule has 5 nitrogen and oxygen atoms in total. The van der Waals surface area contributed by atoms with E-state index in [4.69, 9.17) is 4.74 Å². The number of carbonyl (C=O) groups excluding carboxylic acids is 2. The SMILES string of the molecule is COC(=O)c1sccc1CN1CCc2cc(C(=O)N(C)C)ccc21. The first-order valence-electron chi connectivity index (χ1n) is 7.75. The molecule has 0 bridgehead atoms. The molecule has 0 atom stereocenters. The molecular formula is C18H20N2O3S. The van der Waals surface area contributed by atoms with Gasteiger partial charge in [-0.05, 0) is 47.2 Å². The standard InChI is InChI=1S/C18H20N2O3S/c1-19(2)17(21)13-4-5-15-12(10-13)6-8-20(15)11-14-7-9-24-16(14)18(22)23-3/h4-5,7,9-10H,6,8,11H2,1-3H3. The van der Waals surface area contributed by atoms with E-state index < -0.39 is 0 Å². The van der Waals surface area contributed by atoms with Crippen molar-refractivity contribution in [3.63, 3.8) is 0 Å². The normalized spacial score (nSPS) is 12.9. The number of methoxy groups -OCH3 is 1. The number of rotatable bonds is 4. The molecule has 6 heteroatoms. The van der Waals surface area contributed by atoms with Crippen LogP contribution in [0.3, 0.4) is 0 Å². The molecule has 0 N–H and O–H groups in total. The molecule has 2 heterocycles. The first kappa shape index (κ1) is 16.5. The Hall–Kier alpha value is -2.34. The van der Waals surface area contributed by atoms with E-state index >= 15 is 0 Å². The number of hydrogen-bond donors (Lipinski definition) is 0. The molecule has 0 aliphatic carbocycles. The fourth-order valence-electron chi connectivity index (χ4n) is 2.96. The topological polar surface area (TPSA) is 49.9 Å². The van der Waals surface area contributed by atoms with Crippen molar-refractivity contribution in [2.75, 3.05) is 32.6 Å². The molecular weight excluding hydrogens is 324 g/mol. The number of nitrogens with zero attached hydrogens (tertiary/aromatic N) is 2. The van der Waals surface area contributed by atoms with E-state index in [1.54, 1.807) is 19.0 Å². The summed E-state index contributed by atoms with van der Waals surface area (Å²) in [7, 11) is 4.92. The van der Waals surface area contributed by atoms with Gasteiger partial charge in [-0.25, -0.2) is 4.79 Å². The Morgan fingerprint density at radius 2 is 2.08 bits per heavy atom. The summed E-state index contributed by atoms with van der Waals surface area (Å²) in [5.41, 5.74) is 4.00. The molecule has 24 heavy (non-hydrogen) atoms. The van der Waals surface area contributed by atoms with E-state index in [1.807, 2.05) is 29.6 Å². The van der Waals surface area contributed by atoms with E-state index in [2.05, 4.69) is 4.90 Å². The second kappa shape index (κ2) is 6.65. The number of ether oxygens (including phenoxy) is 1. The van der Waals surface area contributed by atoms with E-state index in [0.29, 0.717) is 17.0 Å². The minimum absolute atomic E-state index is 0.0158. The largest absolute Gasteiger partial charge is 0.465 e. The molecule has 1 aliphatic rings. The molecule has 1 aromatic carbocycles. The molecule has 0 fully saturated rings. The number of amides is 1. The van der Waals surface area contributed by atoms with Gasteiger partial charge >= 0.3 is 5.97 Å². The van der Waals surface area contributed by atoms with Gasteiger partial charge in [-0.15, -0.1) is 11.3 Å². The smallest absolute Gasteiger partial charge is 0.348 e. The van der Waals surface area contributed by atoms with Crippen LogP contribution < -0.4 is 4.90 Å². The van der Waals surface area contributed by atoms with Gasteiger partial charge in [-0.1, -0.05) is 0 Å². The van der Waals surface area contributed by atoms with Crippen LogP contribution in [-0.4, -0.2) is 44.5 Å². The van der Waals surface area contributed by atoms with Gasteiger partial charge in [0.1, 0.15) is 4.88 Å². The van der Waals surface area contributed by atoms with Crippen molar-refractivity contribution in [2.45, 2.75) is 13.0 Å². The number of carbonyl (C=O) groups is 2. The lowest BCUT2D eigenvalue weighted by Crippen LogP contribution is -2.22. The van der Waals surface area contributed by atoms with Crippen molar-refractivity contribution < 1.29 is 14.3 Å². The van der Waals surface area contributed by atoms with E-state index in [1.165, 1.54) is 24.0 Å². The lowest BCUT2D eigenvalue weighted by atomic mass is 10.1. The zero-order valence-electron chi connectivity index (χ0n) is 14.0. The highest BCUT2D eigenvalue weighted by atomic mass is 32.1. The predicted molar refractivity (Wildman–Crippen MR) is 94.9 cm³/mol. The van der Waals surface area contributed by atoms with Crippen LogP contribution in [-0.2, 0) is 17.7 Å². The van der Waals surface area contributed by atoms with E-state index in [0.717, 1.165) is 24.2 Å². The predicted octanol–water partition coefficient (Wildman–Crippen LogP) is 2.80. The zero-order valence-corrected chi connectivity index (χ0v) is 14.9. The fraction of sp³-hybridized carbons (Fsp3) is 0.333. The molecule has 0 unspecified atom stereocenters. The van der Waals surface area contributed by atoms with E-state index in [9.17, 15) is 9.59 Å². The molecule has 0 saturated carbocycles. The summed E-state index contributed by atoms with van der Waals surface area (Å²) in [6.45, 7) is 1.55. The lowest BCUT2D eigenvalue weighted by Gasteiger charge is -2.20. The Labute approximate surface area is 145 Å². The van der Waals surface area contributed by atoms with Crippen molar-refractivity contribution in [3.05, 3.63) is 51.2 Å². The summed E-state index contributed by atoms with van der Waals surface area (Å²) >= 11 is 1.41. The number of anilines is 1. The molecule has 0 radical (unpaired) electrons. The van der Waals surface area contributed by atoms with Gasteiger partial charge in [-0.2, -0.15) is 0 Å². The Balaban J connectivity index is 1.82. The Kier molecular flexibility index (Phi) is 4.57. The van der Waals surface area contributed by atoms with Crippen LogP contribution in [0.5, 0.6) is 0 Å². The van der Waals surface area contributed by atoms with Crippen molar-refractivity contribution in [3.8, 4) is 0 Å². The maximum atomic E-state index is 12.1. The second-order valence-electron chi connectivity index (χ2n) is 5.98. The van der Waals surface area contributed by atoms with Crippen LogP contribution in [0.2, 0.25) is 0 Å². The van der Waals surface area contributed by atoms with Crippen LogP contribution in [0.15, 0.2) is 29.6 Å². The maximum absolute atomic E-state index is 12.1. The van der Waals surface area contributed by atoms with Gasteiger partial charge in [-0.3, -0.25) is 4.79 Å². The molecule has 0 saturated heterocycles. The van der Waals surface area contributed by atoms with Crippen LogP contribution in [0, 0.1) is 0 Å². The van der Waals surface area contributed by atoms with Gasteiger partial charge in [0.2, 0.25) is 0 Å². The summed E-state index contributed by atoms with van der Waals surface area (Å²) in [5.74, 6) is -0.270. The van der Waals surface area contributed by atoms with Crippen LogP contribution >= 0.6 is 11.3 Å². The summed E-state index contributed by atoms with van der Waals surface area (Å²) in [6.07, 6.45) is 0.904. The monoisotopic (exact) mass is 344 g/mol. The number of thiophene rings is 1. The first-order chi connectivity index (χ1) is 11.5. The highest BCUT2D eigenvalue weighted by Crippen LogP contribution is 2.31. The molecule has 1 amide bonds. The third-order valence-corrected chi connectivity index (χ3v) is 5.14. The zero-order chi connectivity index (χ0) is 17.3. The third-order valence-electron chi connectivity index (χ3n) is 4.20. The van der Waals surface area contributed by atoms with E-state index in [-0.39, 0.29) is 11.9 Å². The minimum atomic E-state index is -0.286. The van der Waals surface area contributed by atoms with Gasteiger partial charge in [0, 0.05) is 38.4 Å². The van der Waals surface area contributed by atoms with Crippen molar-refractivity contribution in [2.24, 2.45) is 0 Å². The van der Waals surface area contributed by atoms with Gasteiger partial charge in [0.15, 0.2) is 0 Å². The quantitative estimate of drug-likeness (QED) is 0.801. The molecule has 2 aromatic rings. The third kappa shape index (κ3) is 3.01. The summed E-state index contributed by atoms with van der Waals surface area (Å²) < 4.78 is 4.84. The van der Waals surface area contributed by atoms with Gasteiger partial charge < -0.3 is 14.5 Å². The van der Waals surface area contributed by atoms with Gasteiger partial charge in [0.05, 0.1) is 7.11 Å². The molecule has 1 aromatic heterocycles. The lowest BCUT2D eigenvalue weighted by molar-refractivity contribution is 0.0605. The number of fused-ring (bicyclic) bond motifs is 1. The molecule has 3 rings (SSSR count). The maximum Gasteiger partial charge on any atom is 0.348 e.